The molecule has 0 fully saturated rings. The third kappa shape index (κ3) is 4.52. The van der Waals surface area contributed by atoms with E-state index in [0.29, 0.717) is 5.88 Å². The van der Waals surface area contributed by atoms with Crippen LogP contribution in [0.15, 0.2) is 6.20 Å². The summed E-state index contributed by atoms with van der Waals surface area (Å²) >= 11 is 5.67. The second-order valence-corrected chi connectivity index (χ2v) is 4.67. The summed E-state index contributed by atoms with van der Waals surface area (Å²) in [6.07, 6.45) is 7.92. The van der Waals surface area contributed by atoms with Crippen molar-refractivity contribution in [2.75, 3.05) is 5.88 Å². The molecule has 1 aromatic heterocycles. The highest BCUT2D eigenvalue weighted by molar-refractivity contribution is 6.17. The number of unbranched alkanes of at least 4 members (excludes halogenated alkanes) is 1. The SMILES string of the molecule is CCCCC(CC)Cn1cc(CCCl)nn1. The van der Waals surface area contributed by atoms with Crippen LogP contribution in [0.4, 0.5) is 0 Å². The van der Waals surface area contributed by atoms with Gasteiger partial charge in [-0.15, -0.1) is 16.7 Å². The molecule has 0 radical (unpaired) electrons. The average molecular weight is 244 g/mol. The Hall–Kier alpha value is -0.570. The summed E-state index contributed by atoms with van der Waals surface area (Å²) in [6, 6.07) is 0. The lowest BCUT2D eigenvalue weighted by atomic mass is 9.99. The summed E-state index contributed by atoms with van der Waals surface area (Å²) in [5.74, 6) is 1.34. The zero-order valence-electron chi connectivity index (χ0n) is 10.3. The number of nitrogens with zero attached hydrogens (tertiary/aromatic N) is 3. The molecule has 0 N–H and O–H groups in total. The van der Waals surface area contributed by atoms with Gasteiger partial charge in [0.25, 0.3) is 0 Å². The molecular weight excluding hydrogens is 222 g/mol. The van der Waals surface area contributed by atoms with Crippen molar-refractivity contribution >= 4 is 11.6 Å². The van der Waals surface area contributed by atoms with Gasteiger partial charge in [0.05, 0.1) is 5.69 Å². The van der Waals surface area contributed by atoms with Crippen molar-refractivity contribution in [3.8, 4) is 0 Å². The molecule has 0 spiro atoms. The first-order valence-electron chi connectivity index (χ1n) is 6.25. The quantitative estimate of drug-likeness (QED) is 0.656. The molecule has 1 aromatic rings. The number of rotatable bonds is 8. The van der Waals surface area contributed by atoms with E-state index in [-0.39, 0.29) is 0 Å². The van der Waals surface area contributed by atoms with Crippen molar-refractivity contribution in [3.05, 3.63) is 11.9 Å². The fourth-order valence-corrected chi connectivity index (χ4v) is 2.01. The predicted octanol–water partition coefficient (Wildman–Crippen LogP) is 3.28. The second-order valence-electron chi connectivity index (χ2n) is 4.29. The van der Waals surface area contributed by atoms with Gasteiger partial charge in [0.1, 0.15) is 0 Å². The molecule has 0 aromatic carbocycles. The van der Waals surface area contributed by atoms with E-state index in [1.165, 1.54) is 25.7 Å². The Morgan fingerprint density at radius 3 is 2.88 bits per heavy atom. The Bertz CT molecular complexity index is 286. The molecule has 0 saturated heterocycles. The van der Waals surface area contributed by atoms with Gasteiger partial charge in [-0.25, -0.2) is 0 Å². The van der Waals surface area contributed by atoms with Gasteiger partial charge in [-0.1, -0.05) is 38.3 Å². The van der Waals surface area contributed by atoms with E-state index in [1.807, 2.05) is 10.9 Å². The minimum Gasteiger partial charge on any atom is -0.252 e. The zero-order chi connectivity index (χ0) is 11.8. The highest BCUT2D eigenvalue weighted by Gasteiger charge is 2.08. The normalized spacial score (nSPS) is 12.9. The number of hydrogen-bond acceptors (Lipinski definition) is 2. The largest absolute Gasteiger partial charge is 0.252 e. The molecule has 3 nitrogen and oxygen atoms in total. The molecule has 1 rings (SSSR count). The third-order valence-electron chi connectivity index (χ3n) is 2.93. The molecule has 92 valence electrons. The summed E-state index contributed by atoms with van der Waals surface area (Å²) in [5.41, 5.74) is 1.00. The fourth-order valence-electron chi connectivity index (χ4n) is 1.82. The van der Waals surface area contributed by atoms with Gasteiger partial charge in [0.2, 0.25) is 0 Å². The summed E-state index contributed by atoms with van der Waals surface area (Å²) in [7, 11) is 0. The number of aryl methyl sites for hydroxylation is 1. The van der Waals surface area contributed by atoms with E-state index in [1.54, 1.807) is 0 Å². The maximum Gasteiger partial charge on any atom is 0.0839 e. The van der Waals surface area contributed by atoms with Gasteiger partial charge in [0.15, 0.2) is 0 Å². The number of hydrogen-bond donors (Lipinski definition) is 0. The van der Waals surface area contributed by atoms with Gasteiger partial charge >= 0.3 is 0 Å². The highest BCUT2D eigenvalue weighted by Crippen LogP contribution is 2.14. The summed E-state index contributed by atoms with van der Waals surface area (Å²) < 4.78 is 1.96. The van der Waals surface area contributed by atoms with Crippen LogP contribution in [0.1, 0.15) is 45.2 Å². The summed E-state index contributed by atoms with van der Waals surface area (Å²) in [6.45, 7) is 5.48. The van der Waals surface area contributed by atoms with Crippen molar-refractivity contribution in [2.24, 2.45) is 5.92 Å². The zero-order valence-corrected chi connectivity index (χ0v) is 11.1. The molecule has 0 aliphatic rings. The molecule has 0 amide bonds. The van der Waals surface area contributed by atoms with Crippen molar-refractivity contribution in [3.63, 3.8) is 0 Å². The fraction of sp³-hybridized carbons (Fsp3) is 0.833. The molecule has 1 unspecified atom stereocenters. The van der Waals surface area contributed by atoms with Crippen LogP contribution in [0.5, 0.6) is 0 Å². The van der Waals surface area contributed by atoms with Gasteiger partial charge in [-0.2, -0.15) is 0 Å². The Morgan fingerprint density at radius 1 is 1.44 bits per heavy atom. The third-order valence-corrected chi connectivity index (χ3v) is 3.11. The second kappa shape index (κ2) is 7.66. The lowest BCUT2D eigenvalue weighted by Gasteiger charge is -2.13. The molecule has 4 heteroatoms. The number of alkyl halides is 1. The van der Waals surface area contributed by atoms with Crippen LogP contribution in [0.2, 0.25) is 0 Å². The van der Waals surface area contributed by atoms with Gasteiger partial charge in [0, 0.05) is 25.0 Å². The molecule has 1 heterocycles. The van der Waals surface area contributed by atoms with Crippen LogP contribution in [0.3, 0.4) is 0 Å². The minimum absolute atomic E-state index is 0.617. The molecule has 0 aliphatic heterocycles. The van der Waals surface area contributed by atoms with Crippen LogP contribution in [-0.4, -0.2) is 20.9 Å². The van der Waals surface area contributed by atoms with Gasteiger partial charge in [-0.05, 0) is 12.3 Å². The lowest BCUT2D eigenvalue weighted by Crippen LogP contribution is -2.10. The Balaban J connectivity index is 2.43. The van der Waals surface area contributed by atoms with Crippen molar-refractivity contribution < 1.29 is 0 Å². The first kappa shape index (κ1) is 13.5. The van der Waals surface area contributed by atoms with E-state index >= 15 is 0 Å². The van der Waals surface area contributed by atoms with E-state index in [4.69, 9.17) is 11.6 Å². The van der Waals surface area contributed by atoms with Crippen LogP contribution >= 0.6 is 11.6 Å². The average Bonchev–Trinajstić information content (AvgIpc) is 2.72. The number of halogens is 1. The van der Waals surface area contributed by atoms with E-state index in [0.717, 1.165) is 24.6 Å². The molecule has 1 atom stereocenters. The molecule has 0 bridgehead atoms. The van der Waals surface area contributed by atoms with Crippen LogP contribution in [0.25, 0.3) is 0 Å². The van der Waals surface area contributed by atoms with Crippen molar-refractivity contribution in [1.29, 1.82) is 0 Å². The lowest BCUT2D eigenvalue weighted by molar-refractivity contribution is 0.368. The Kier molecular flexibility index (Phi) is 6.46. The van der Waals surface area contributed by atoms with Gasteiger partial charge in [-0.3, -0.25) is 4.68 Å². The molecule has 16 heavy (non-hydrogen) atoms. The maximum atomic E-state index is 5.67. The van der Waals surface area contributed by atoms with E-state index in [2.05, 4.69) is 24.2 Å². The summed E-state index contributed by atoms with van der Waals surface area (Å²) in [4.78, 5) is 0. The molecule has 0 aliphatic carbocycles. The Labute approximate surface area is 103 Å². The first-order chi connectivity index (χ1) is 7.80. The minimum atomic E-state index is 0.617. The van der Waals surface area contributed by atoms with Crippen molar-refractivity contribution in [1.82, 2.24) is 15.0 Å². The standard InChI is InChI=1S/C12H22ClN3/c1-3-5-6-11(4-2)9-16-10-12(7-8-13)14-15-16/h10-11H,3-9H2,1-2H3. The Morgan fingerprint density at radius 2 is 2.25 bits per heavy atom. The topological polar surface area (TPSA) is 30.7 Å². The first-order valence-corrected chi connectivity index (χ1v) is 6.78. The monoisotopic (exact) mass is 243 g/mol. The highest BCUT2D eigenvalue weighted by atomic mass is 35.5. The van der Waals surface area contributed by atoms with E-state index < -0.39 is 0 Å². The van der Waals surface area contributed by atoms with Crippen LogP contribution in [-0.2, 0) is 13.0 Å². The molecule has 0 saturated carbocycles. The van der Waals surface area contributed by atoms with Crippen LogP contribution < -0.4 is 0 Å². The number of aromatic nitrogens is 3. The predicted molar refractivity (Wildman–Crippen MR) is 67.8 cm³/mol. The molecular formula is C12H22ClN3. The van der Waals surface area contributed by atoms with E-state index in [9.17, 15) is 0 Å². The summed E-state index contributed by atoms with van der Waals surface area (Å²) in [5, 5.41) is 8.24. The smallest absolute Gasteiger partial charge is 0.0839 e. The van der Waals surface area contributed by atoms with Crippen LogP contribution in [0, 0.1) is 5.92 Å². The maximum absolute atomic E-state index is 5.67. The van der Waals surface area contributed by atoms with Crippen molar-refractivity contribution in [2.45, 2.75) is 52.5 Å². The van der Waals surface area contributed by atoms with Gasteiger partial charge < -0.3 is 0 Å².